The SMILES string of the molecule is CCN(CC)C(C)(CC)C(N)Cc1c(F)ccc(Br)c1F. The molecule has 0 aliphatic rings. The molecule has 0 bridgehead atoms. The fourth-order valence-corrected chi connectivity index (χ4v) is 3.23. The number of nitrogens with zero attached hydrogens (tertiary/aromatic N) is 1. The monoisotopic (exact) mass is 362 g/mol. The van der Waals surface area contributed by atoms with E-state index in [9.17, 15) is 8.78 Å². The zero-order valence-electron chi connectivity index (χ0n) is 13.2. The lowest BCUT2D eigenvalue weighted by molar-refractivity contribution is 0.0839. The Kier molecular flexibility index (Phi) is 6.75. The first-order chi connectivity index (χ1) is 9.81. The Hall–Kier alpha value is -0.520. The van der Waals surface area contributed by atoms with Crippen LogP contribution >= 0.6 is 15.9 Å². The van der Waals surface area contributed by atoms with Crippen molar-refractivity contribution in [3.05, 3.63) is 33.8 Å². The Labute approximate surface area is 134 Å². The Morgan fingerprint density at radius 3 is 2.29 bits per heavy atom. The summed E-state index contributed by atoms with van der Waals surface area (Å²) in [5, 5.41) is 0. The minimum absolute atomic E-state index is 0.0590. The molecular weight excluding hydrogens is 338 g/mol. The lowest BCUT2D eigenvalue weighted by Crippen LogP contribution is -2.58. The third-order valence-corrected chi connectivity index (χ3v) is 5.18. The second-order valence-electron chi connectivity index (χ2n) is 5.52. The van der Waals surface area contributed by atoms with Gasteiger partial charge in [0.1, 0.15) is 11.6 Å². The second kappa shape index (κ2) is 7.65. The van der Waals surface area contributed by atoms with E-state index >= 15 is 0 Å². The van der Waals surface area contributed by atoms with E-state index in [-0.39, 0.29) is 28.0 Å². The van der Waals surface area contributed by atoms with Gasteiger partial charge in [-0.3, -0.25) is 4.90 Å². The number of rotatable bonds is 7. The van der Waals surface area contributed by atoms with Crippen LogP contribution in [-0.4, -0.2) is 29.6 Å². The molecule has 21 heavy (non-hydrogen) atoms. The van der Waals surface area contributed by atoms with Crippen LogP contribution in [0.2, 0.25) is 0 Å². The third-order valence-electron chi connectivity index (χ3n) is 4.56. The van der Waals surface area contributed by atoms with Gasteiger partial charge >= 0.3 is 0 Å². The molecule has 2 N–H and O–H groups in total. The van der Waals surface area contributed by atoms with Crippen LogP contribution in [0.1, 0.15) is 39.7 Å². The molecule has 2 unspecified atom stereocenters. The number of hydrogen-bond acceptors (Lipinski definition) is 2. The highest BCUT2D eigenvalue weighted by molar-refractivity contribution is 9.10. The fraction of sp³-hybridized carbons (Fsp3) is 0.625. The number of hydrogen-bond donors (Lipinski definition) is 1. The highest BCUT2D eigenvalue weighted by Crippen LogP contribution is 2.28. The summed E-state index contributed by atoms with van der Waals surface area (Å²) in [5.74, 6) is -1.09. The first kappa shape index (κ1) is 18.5. The highest BCUT2D eigenvalue weighted by atomic mass is 79.9. The van der Waals surface area contributed by atoms with Gasteiger partial charge in [-0.1, -0.05) is 20.8 Å². The minimum Gasteiger partial charge on any atom is -0.326 e. The van der Waals surface area contributed by atoms with Gasteiger partial charge in [0.25, 0.3) is 0 Å². The molecule has 0 aromatic heterocycles. The van der Waals surface area contributed by atoms with Crippen LogP contribution in [0.5, 0.6) is 0 Å². The maximum absolute atomic E-state index is 14.1. The molecule has 1 rings (SSSR count). The molecule has 0 spiro atoms. The first-order valence-electron chi connectivity index (χ1n) is 7.44. The van der Waals surface area contributed by atoms with E-state index in [0.717, 1.165) is 19.5 Å². The summed E-state index contributed by atoms with van der Waals surface area (Å²) in [7, 11) is 0. The average molecular weight is 363 g/mol. The number of halogens is 3. The van der Waals surface area contributed by atoms with Gasteiger partial charge in [-0.05, 0) is 60.9 Å². The quantitative estimate of drug-likeness (QED) is 0.739. The molecule has 0 fully saturated rings. The molecule has 2 nitrogen and oxygen atoms in total. The third kappa shape index (κ3) is 3.82. The molecular formula is C16H25BrF2N2. The summed E-state index contributed by atoms with van der Waals surface area (Å²) in [6, 6.07) is 2.31. The molecule has 0 aliphatic carbocycles. The predicted molar refractivity (Wildman–Crippen MR) is 87.4 cm³/mol. The van der Waals surface area contributed by atoms with E-state index < -0.39 is 11.6 Å². The van der Waals surface area contributed by atoms with Crippen LogP contribution in [0.4, 0.5) is 8.78 Å². The Morgan fingerprint density at radius 1 is 1.24 bits per heavy atom. The van der Waals surface area contributed by atoms with Crippen molar-refractivity contribution in [2.24, 2.45) is 5.73 Å². The topological polar surface area (TPSA) is 29.3 Å². The Morgan fingerprint density at radius 2 is 1.81 bits per heavy atom. The maximum Gasteiger partial charge on any atom is 0.143 e. The van der Waals surface area contributed by atoms with Crippen LogP contribution in [-0.2, 0) is 6.42 Å². The second-order valence-corrected chi connectivity index (χ2v) is 6.37. The zero-order chi connectivity index (χ0) is 16.2. The molecule has 1 aromatic carbocycles. The molecule has 2 atom stereocenters. The molecule has 0 heterocycles. The van der Waals surface area contributed by atoms with E-state index in [0.29, 0.717) is 0 Å². The van der Waals surface area contributed by atoms with Gasteiger partial charge in [0.15, 0.2) is 0 Å². The van der Waals surface area contributed by atoms with Crippen molar-refractivity contribution < 1.29 is 8.78 Å². The average Bonchev–Trinajstić information content (AvgIpc) is 2.48. The van der Waals surface area contributed by atoms with Crippen molar-refractivity contribution >= 4 is 15.9 Å². The van der Waals surface area contributed by atoms with Gasteiger partial charge < -0.3 is 5.73 Å². The predicted octanol–water partition coefficient (Wildman–Crippen LogP) is 4.11. The van der Waals surface area contributed by atoms with E-state index in [1.165, 1.54) is 12.1 Å². The molecule has 0 radical (unpaired) electrons. The van der Waals surface area contributed by atoms with Crippen molar-refractivity contribution in [3.8, 4) is 0 Å². The van der Waals surface area contributed by atoms with E-state index in [2.05, 4.69) is 48.5 Å². The molecule has 0 saturated heterocycles. The summed E-state index contributed by atoms with van der Waals surface area (Å²) >= 11 is 3.10. The van der Waals surface area contributed by atoms with Gasteiger partial charge in [-0.2, -0.15) is 0 Å². The summed E-state index contributed by atoms with van der Waals surface area (Å²) in [4.78, 5) is 2.26. The maximum atomic E-state index is 14.1. The number of benzene rings is 1. The van der Waals surface area contributed by atoms with E-state index in [1.807, 2.05) is 0 Å². The van der Waals surface area contributed by atoms with E-state index in [1.54, 1.807) is 0 Å². The molecule has 5 heteroatoms. The van der Waals surface area contributed by atoms with Gasteiger partial charge in [0.05, 0.1) is 4.47 Å². The zero-order valence-corrected chi connectivity index (χ0v) is 14.8. The van der Waals surface area contributed by atoms with E-state index in [4.69, 9.17) is 5.73 Å². The van der Waals surface area contributed by atoms with Gasteiger partial charge in [0, 0.05) is 17.1 Å². The van der Waals surface area contributed by atoms with Gasteiger partial charge in [0.2, 0.25) is 0 Å². The number of nitrogens with two attached hydrogens (primary N) is 1. The van der Waals surface area contributed by atoms with Crippen molar-refractivity contribution in [1.82, 2.24) is 4.90 Å². The molecule has 1 aromatic rings. The smallest absolute Gasteiger partial charge is 0.143 e. The minimum atomic E-state index is -0.552. The molecule has 120 valence electrons. The largest absolute Gasteiger partial charge is 0.326 e. The van der Waals surface area contributed by atoms with Crippen molar-refractivity contribution in [2.75, 3.05) is 13.1 Å². The standard InChI is InChI=1S/C16H25BrF2N2/c1-5-16(4,21(6-2)7-3)14(20)10-11-13(18)9-8-12(17)15(11)19/h8-9,14H,5-7,10,20H2,1-4H3. The summed E-state index contributed by atoms with van der Waals surface area (Å²) in [5.41, 5.74) is 6.12. The van der Waals surface area contributed by atoms with Crippen molar-refractivity contribution in [2.45, 2.75) is 52.1 Å². The first-order valence-corrected chi connectivity index (χ1v) is 8.24. The molecule has 0 amide bonds. The van der Waals surface area contributed by atoms with Crippen LogP contribution in [0.15, 0.2) is 16.6 Å². The van der Waals surface area contributed by atoms with Crippen LogP contribution in [0, 0.1) is 11.6 Å². The van der Waals surface area contributed by atoms with Crippen molar-refractivity contribution in [1.29, 1.82) is 0 Å². The summed E-state index contributed by atoms with van der Waals surface area (Å²) in [6.45, 7) is 10.00. The lowest BCUT2D eigenvalue weighted by atomic mass is 9.84. The van der Waals surface area contributed by atoms with Crippen molar-refractivity contribution in [3.63, 3.8) is 0 Å². The summed E-state index contributed by atoms with van der Waals surface area (Å²) in [6.07, 6.45) is 1.00. The van der Waals surface area contributed by atoms with Gasteiger partial charge in [-0.25, -0.2) is 8.78 Å². The highest BCUT2D eigenvalue weighted by Gasteiger charge is 2.35. The molecule has 0 aliphatic heterocycles. The molecule has 0 saturated carbocycles. The normalized spacial score (nSPS) is 16.0. The van der Waals surface area contributed by atoms with Gasteiger partial charge in [-0.15, -0.1) is 0 Å². The Balaban J connectivity index is 3.09. The van der Waals surface area contributed by atoms with Crippen LogP contribution < -0.4 is 5.73 Å². The fourth-order valence-electron chi connectivity index (χ4n) is 2.86. The van der Waals surface area contributed by atoms with Crippen LogP contribution in [0.3, 0.4) is 0 Å². The lowest BCUT2D eigenvalue weighted by Gasteiger charge is -2.44. The van der Waals surface area contributed by atoms with Crippen LogP contribution in [0.25, 0.3) is 0 Å². The Bertz CT molecular complexity index is 478. The summed E-state index contributed by atoms with van der Waals surface area (Å²) < 4.78 is 28.3. The number of likely N-dealkylation sites (N-methyl/N-ethyl adjacent to an activating group) is 1.